The van der Waals surface area contributed by atoms with Gasteiger partial charge in [-0.3, -0.25) is 4.79 Å². The van der Waals surface area contributed by atoms with Crippen LogP contribution in [0.2, 0.25) is 0 Å². The number of carbonyl (C=O) groups excluding carboxylic acids is 1. The summed E-state index contributed by atoms with van der Waals surface area (Å²) < 4.78 is 21.8. The summed E-state index contributed by atoms with van der Waals surface area (Å²) in [6, 6.07) is 9.14. The predicted octanol–water partition coefficient (Wildman–Crippen LogP) is 3.23. The lowest BCUT2D eigenvalue weighted by molar-refractivity contribution is -0.116. The Hall–Kier alpha value is -3.00. The average molecular weight is 430 g/mol. The molecule has 1 aromatic heterocycles. The Bertz CT molecular complexity index is 813. The number of piperidine rings is 1. The third kappa shape index (κ3) is 6.49. The molecule has 2 aromatic rings. The molecule has 1 aliphatic heterocycles. The molecular weight excluding hydrogens is 398 g/mol. The van der Waals surface area contributed by atoms with E-state index in [-0.39, 0.29) is 5.91 Å². The Morgan fingerprint density at radius 2 is 1.81 bits per heavy atom. The maximum atomic E-state index is 12.5. The summed E-state index contributed by atoms with van der Waals surface area (Å²) in [7, 11) is 4.65. The molecule has 8 nitrogen and oxygen atoms in total. The zero-order chi connectivity index (χ0) is 22.1. The van der Waals surface area contributed by atoms with Crippen molar-refractivity contribution in [3.8, 4) is 23.1 Å². The summed E-state index contributed by atoms with van der Waals surface area (Å²) >= 11 is 0. The maximum Gasteiger partial charge on any atom is 0.225 e. The number of carbonyl (C=O) groups is 1. The lowest BCUT2D eigenvalue weighted by Crippen LogP contribution is -2.37. The summed E-state index contributed by atoms with van der Waals surface area (Å²) in [5.74, 6) is 2.66. The molecule has 1 N–H and O–H groups in total. The number of methoxy groups -OCH3 is 3. The summed E-state index contributed by atoms with van der Waals surface area (Å²) in [5, 5.41) is 2.92. The van der Waals surface area contributed by atoms with Crippen LogP contribution in [0.4, 0.5) is 5.69 Å². The van der Waals surface area contributed by atoms with Crippen LogP contribution >= 0.6 is 0 Å². The van der Waals surface area contributed by atoms with Gasteiger partial charge in [-0.25, -0.2) is 4.98 Å². The molecule has 0 saturated carbocycles. The molecule has 1 aliphatic rings. The van der Waals surface area contributed by atoms with E-state index in [0.29, 0.717) is 47.8 Å². The molecule has 0 aliphatic carbocycles. The van der Waals surface area contributed by atoms with Crippen LogP contribution in [0, 0.1) is 5.92 Å². The number of pyridine rings is 1. The second kappa shape index (κ2) is 11.4. The number of aromatic nitrogens is 1. The smallest absolute Gasteiger partial charge is 0.225 e. The Kier molecular flexibility index (Phi) is 8.35. The van der Waals surface area contributed by atoms with Crippen LogP contribution in [0.1, 0.15) is 19.3 Å². The molecule has 0 unspecified atom stereocenters. The molecule has 1 amide bonds. The highest BCUT2D eigenvalue weighted by molar-refractivity contribution is 5.91. The van der Waals surface area contributed by atoms with Crippen LogP contribution < -0.4 is 24.3 Å². The van der Waals surface area contributed by atoms with Gasteiger partial charge in [0.1, 0.15) is 0 Å². The average Bonchev–Trinajstić information content (AvgIpc) is 2.82. The fourth-order valence-corrected chi connectivity index (χ4v) is 3.65. The van der Waals surface area contributed by atoms with Crippen molar-refractivity contribution in [1.82, 2.24) is 9.88 Å². The first-order valence-corrected chi connectivity index (χ1v) is 10.5. The number of nitrogens with zero attached hydrogens (tertiary/aromatic N) is 2. The van der Waals surface area contributed by atoms with Gasteiger partial charge in [-0.2, -0.15) is 0 Å². The van der Waals surface area contributed by atoms with Crippen molar-refractivity contribution < 1.29 is 23.7 Å². The molecule has 168 valence electrons. The molecular formula is C23H31N3O5. The van der Waals surface area contributed by atoms with Crippen molar-refractivity contribution in [1.29, 1.82) is 0 Å². The Morgan fingerprint density at radius 1 is 1.10 bits per heavy atom. The molecule has 1 aromatic carbocycles. The van der Waals surface area contributed by atoms with Crippen LogP contribution in [0.15, 0.2) is 36.5 Å². The standard InChI is InChI=1S/C23H31N3O5/c1-28-19-14-18(15-20(29-2)23(19)30-3)25-21(27)9-13-26-11-7-17(8-12-26)16-31-22-6-4-5-10-24-22/h4-6,10,14-15,17H,7-9,11-13,16H2,1-3H3,(H,25,27). The number of anilines is 1. The Balaban J connectivity index is 1.41. The van der Waals surface area contributed by atoms with Crippen LogP contribution in [0.25, 0.3) is 0 Å². The van der Waals surface area contributed by atoms with Gasteiger partial charge in [0.15, 0.2) is 11.5 Å². The van der Waals surface area contributed by atoms with Crippen LogP contribution in [0.5, 0.6) is 23.1 Å². The van der Waals surface area contributed by atoms with E-state index in [4.69, 9.17) is 18.9 Å². The van der Waals surface area contributed by atoms with Crippen molar-refractivity contribution in [2.24, 2.45) is 5.92 Å². The molecule has 1 fully saturated rings. The summed E-state index contributed by atoms with van der Waals surface area (Å²) in [5.41, 5.74) is 0.616. The topological polar surface area (TPSA) is 82.2 Å². The van der Waals surface area contributed by atoms with Crippen molar-refractivity contribution in [3.05, 3.63) is 36.5 Å². The first-order chi connectivity index (χ1) is 15.1. The van der Waals surface area contributed by atoms with E-state index in [1.54, 1.807) is 39.7 Å². The van der Waals surface area contributed by atoms with Crippen LogP contribution in [0.3, 0.4) is 0 Å². The van der Waals surface area contributed by atoms with E-state index in [9.17, 15) is 4.79 Å². The fraction of sp³-hybridized carbons (Fsp3) is 0.478. The lowest BCUT2D eigenvalue weighted by Gasteiger charge is -2.31. The van der Waals surface area contributed by atoms with Gasteiger partial charge >= 0.3 is 0 Å². The third-order valence-electron chi connectivity index (χ3n) is 5.42. The third-order valence-corrected chi connectivity index (χ3v) is 5.42. The SMILES string of the molecule is COc1cc(NC(=O)CCN2CCC(COc3ccccn3)CC2)cc(OC)c1OC. The zero-order valence-electron chi connectivity index (χ0n) is 18.4. The van der Waals surface area contributed by atoms with Crippen molar-refractivity contribution >= 4 is 11.6 Å². The van der Waals surface area contributed by atoms with Gasteiger partial charge < -0.3 is 29.2 Å². The van der Waals surface area contributed by atoms with E-state index in [1.807, 2.05) is 18.2 Å². The number of benzene rings is 1. The molecule has 3 rings (SSSR count). The van der Waals surface area contributed by atoms with E-state index in [0.717, 1.165) is 32.5 Å². The monoisotopic (exact) mass is 429 g/mol. The summed E-state index contributed by atoms with van der Waals surface area (Å²) in [6.07, 6.45) is 4.27. The first-order valence-electron chi connectivity index (χ1n) is 10.5. The van der Waals surface area contributed by atoms with Gasteiger partial charge in [-0.15, -0.1) is 0 Å². The molecule has 0 radical (unpaired) electrons. The molecule has 0 bridgehead atoms. The van der Waals surface area contributed by atoms with E-state index < -0.39 is 0 Å². The summed E-state index contributed by atoms with van der Waals surface area (Å²) in [4.78, 5) is 19.0. The molecule has 1 saturated heterocycles. The van der Waals surface area contributed by atoms with Gasteiger partial charge in [-0.1, -0.05) is 6.07 Å². The highest BCUT2D eigenvalue weighted by Crippen LogP contribution is 2.39. The number of ether oxygens (including phenoxy) is 4. The molecule has 31 heavy (non-hydrogen) atoms. The minimum Gasteiger partial charge on any atom is -0.493 e. The number of likely N-dealkylation sites (tertiary alicyclic amines) is 1. The number of amides is 1. The minimum atomic E-state index is -0.0464. The highest BCUT2D eigenvalue weighted by Gasteiger charge is 2.21. The van der Waals surface area contributed by atoms with E-state index in [2.05, 4.69) is 15.2 Å². The quantitative estimate of drug-likeness (QED) is 0.621. The molecule has 0 atom stereocenters. The lowest BCUT2D eigenvalue weighted by atomic mass is 9.98. The molecule has 8 heteroatoms. The van der Waals surface area contributed by atoms with Crippen LogP contribution in [-0.2, 0) is 4.79 Å². The fourth-order valence-electron chi connectivity index (χ4n) is 3.65. The minimum absolute atomic E-state index is 0.0464. The predicted molar refractivity (Wildman–Crippen MR) is 118 cm³/mol. The molecule has 0 spiro atoms. The molecule has 2 heterocycles. The van der Waals surface area contributed by atoms with Crippen molar-refractivity contribution in [3.63, 3.8) is 0 Å². The van der Waals surface area contributed by atoms with Gasteiger partial charge in [0.2, 0.25) is 17.5 Å². The van der Waals surface area contributed by atoms with Gasteiger partial charge in [0.25, 0.3) is 0 Å². The number of rotatable bonds is 10. The summed E-state index contributed by atoms with van der Waals surface area (Å²) in [6.45, 7) is 3.35. The first kappa shape index (κ1) is 22.7. The number of hydrogen-bond donors (Lipinski definition) is 1. The highest BCUT2D eigenvalue weighted by atomic mass is 16.5. The number of nitrogens with one attached hydrogen (secondary N) is 1. The second-order valence-corrected chi connectivity index (χ2v) is 7.48. The van der Waals surface area contributed by atoms with Crippen LogP contribution in [-0.4, -0.2) is 63.4 Å². The normalized spacial score (nSPS) is 14.7. The van der Waals surface area contributed by atoms with Gasteiger partial charge in [-0.05, 0) is 37.9 Å². The van der Waals surface area contributed by atoms with E-state index >= 15 is 0 Å². The van der Waals surface area contributed by atoms with Crippen molar-refractivity contribution in [2.75, 3.05) is 52.9 Å². The number of hydrogen-bond acceptors (Lipinski definition) is 7. The Morgan fingerprint density at radius 3 is 2.39 bits per heavy atom. The maximum absolute atomic E-state index is 12.5. The second-order valence-electron chi connectivity index (χ2n) is 7.48. The van der Waals surface area contributed by atoms with Gasteiger partial charge in [0, 0.05) is 43.0 Å². The zero-order valence-corrected chi connectivity index (χ0v) is 18.4. The van der Waals surface area contributed by atoms with E-state index in [1.165, 1.54) is 0 Å². The largest absolute Gasteiger partial charge is 0.493 e. The Labute approximate surface area is 183 Å². The van der Waals surface area contributed by atoms with Crippen molar-refractivity contribution in [2.45, 2.75) is 19.3 Å². The van der Waals surface area contributed by atoms with Gasteiger partial charge in [0.05, 0.1) is 27.9 Å².